The van der Waals surface area contributed by atoms with Crippen LogP contribution in [0.4, 0.5) is 0 Å². The highest BCUT2D eigenvalue weighted by molar-refractivity contribution is 6.17. The fourth-order valence-corrected chi connectivity index (χ4v) is 8.12. The normalized spacial score (nSPS) is 11.8. The summed E-state index contributed by atoms with van der Waals surface area (Å²) in [5.41, 5.74) is 5.85. The molecule has 10 rings (SSSR count). The monoisotopic (exact) mass is 638 g/mol. The van der Waals surface area contributed by atoms with Crippen molar-refractivity contribution in [3.63, 3.8) is 0 Å². The van der Waals surface area contributed by atoms with Crippen molar-refractivity contribution in [2.75, 3.05) is 0 Å². The van der Waals surface area contributed by atoms with E-state index in [-0.39, 0.29) is 11.5 Å². The SMILES string of the molecule is Oc1ccc2cc(-c3c4ccccc4cc4ccccc34)ccc2c1-c1c(O)ccc2cc(-c3c4ccccc4cc4ccccc34)ccc12. The van der Waals surface area contributed by atoms with Crippen LogP contribution in [0.1, 0.15) is 0 Å². The van der Waals surface area contributed by atoms with Gasteiger partial charge in [0.15, 0.2) is 0 Å². The van der Waals surface area contributed by atoms with Crippen LogP contribution in [-0.2, 0) is 0 Å². The molecule has 2 heteroatoms. The Morgan fingerprint density at radius 2 is 0.540 bits per heavy atom. The van der Waals surface area contributed by atoms with Crippen LogP contribution in [0.3, 0.4) is 0 Å². The van der Waals surface area contributed by atoms with Gasteiger partial charge in [-0.05, 0) is 123 Å². The first kappa shape index (κ1) is 28.4. The van der Waals surface area contributed by atoms with Crippen LogP contribution < -0.4 is 0 Å². The molecule has 0 aromatic heterocycles. The van der Waals surface area contributed by atoms with Crippen molar-refractivity contribution in [1.82, 2.24) is 0 Å². The Bertz CT molecular complexity index is 2690. The van der Waals surface area contributed by atoms with Gasteiger partial charge in [0, 0.05) is 11.1 Å². The second-order valence-corrected chi connectivity index (χ2v) is 13.2. The van der Waals surface area contributed by atoms with Gasteiger partial charge in [0.05, 0.1) is 0 Å². The molecule has 0 saturated heterocycles. The minimum atomic E-state index is 0.132. The molecule has 0 amide bonds. The van der Waals surface area contributed by atoms with Gasteiger partial charge in [-0.15, -0.1) is 0 Å². The maximum absolute atomic E-state index is 11.5. The molecule has 234 valence electrons. The Morgan fingerprint density at radius 1 is 0.240 bits per heavy atom. The smallest absolute Gasteiger partial charge is 0.124 e. The number of phenolic OH excluding ortho intramolecular Hbond substituents is 2. The van der Waals surface area contributed by atoms with Gasteiger partial charge in [-0.1, -0.05) is 133 Å². The number of hydrogen-bond acceptors (Lipinski definition) is 2. The topological polar surface area (TPSA) is 40.5 Å². The molecule has 0 radical (unpaired) electrons. The Labute approximate surface area is 288 Å². The Kier molecular flexibility index (Phi) is 6.21. The summed E-state index contributed by atoms with van der Waals surface area (Å²) in [6.07, 6.45) is 0. The van der Waals surface area contributed by atoms with Crippen LogP contribution in [0, 0.1) is 0 Å². The highest BCUT2D eigenvalue weighted by Crippen LogP contribution is 2.47. The Balaban J connectivity index is 1.18. The molecular weight excluding hydrogens is 609 g/mol. The largest absolute Gasteiger partial charge is 0.507 e. The molecule has 0 spiro atoms. The fourth-order valence-electron chi connectivity index (χ4n) is 8.12. The number of phenols is 2. The summed E-state index contributed by atoms with van der Waals surface area (Å²) in [7, 11) is 0. The van der Waals surface area contributed by atoms with Crippen molar-refractivity contribution in [3.05, 3.63) is 170 Å². The standard InChI is InChI=1S/C48H30O2/c49-43-23-19-33-27-35(45-37-13-5-1-9-29(37)25-30-10-2-6-14-38(30)45)17-21-41(33)47(43)48-42-22-18-36(28-34(42)20-24-44(48)50)46-39-15-7-3-11-31(39)26-32-12-4-8-16-40(32)46/h1-28,49-50H. The molecule has 0 bridgehead atoms. The highest BCUT2D eigenvalue weighted by Gasteiger charge is 2.19. The predicted octanol–water partition coefficient (Wildman–Crippen LogP) is 13.0. The molecule has 0 fully saturated rings. The van der Waals surface area contributed by atoms with Gasteiger partial charge in [-0.2, -0.15) is 0 Å². The second kappa shape index (κ2) is 10.9. The summed E-state index contributed by atoms with van der Waals surface area (Å²) < 4.78 is 0. The first-order valence-corrected chi connectivity index (χ1v) is 17.0. The molecule has 0 aliphatic carbocycles. The van der Waals surface area contributed by atoms with Crippen LogP contribution in [0.5, 0.6) is 11.5 Å². The van der Waals surface area contributed by atoms with Crippen molar-refractivity contribution in [2.24, 2.45) is 0 Å². The van der Waals surface area contributed by atoms with E-state index in [1.807, 2.05) is 12.1 Å². The predicted molar refractivity (Wildman–Crippen MR) is 211 cm³/mol. The van der Waals surface area contributed by atoms with Crippen molar-refractivity contribution in [1.29, 1.82) is 0 Å². The minimum Gasteiger partial charge on any atom is -0.507 e. The van der Waals surface area contributed by atoms with Crippen molar-refractivity contribution >= 4 is 64.6 Å². The van der Waals surface area contributed by atoms with Gasteiger partial charge >= 0.3 is 0 Å². The number of rotatable bonds is 3. The lowest BCUT2D eigenvalue weighted by Gasteiger charge is -2.17. The van der Waals surface area contributed by atoms with Crippen molar-refractivity contribution < 1.29 is 10.2 Å². The summed E-state index contributed by atoms with van der Waals surface area (Å²) in [4.78, 5) is 0. The van der Waals surface area contributed by atoms with E-state index in [9.17, 15) is 10.2 Å². The molecule has 0 saturated carbocycles. The summed E-state index contributed by atoms with van der Waals surface area (Å²) in [6.45, 7) is 0. The van der Waals surface area contributed by atoms with Crippen LogP contribution in [0.15, 0.2) is 170 Å². The van der Waals surface area contributed by atoms with Gasteiger partial charge in [-0.25, -0.2) is 0 Å². The average molecular weight is 639 g/mol. The molecule has 2 nitrogen and oxygen atoms in total. The van der Waals surface area contributed by atoms with E-state index < -0.39 is 0 Å². The maximum atomic E-state index is 11.5. The summed E-state index contributed by atoms with van der Waals surface area (Å²) in [5.74, 6) is 0.264. The second-order valence-electron chi connectivity index (χ2n) is 13.2. The number of benzene rings is 10. The van der Waals surface area contributed by atoms with E-state index in [1.54, 1.807) is 12.1 Å². The third kappa shape index (κ3) is 4.29. The van der Waals surface area contributed by atoms with E-state index in [4.69, 9.17) is 0 Å². The third-order valence-electron chi connectivity index (χ3n) is 10.4. The molecule has 2 N–H and O–H groups in total. The third-order valence-corrected chi connectivity index (χ3v) is 10.4. The lowest BCUT2D eigenvalue weighted by Crippen LogP contribution is -1.90. The Hall–Kier alpha value is -6.64. The van der Waals surface area contributed by atoms with E-state index in [1.165, 1.54) is 54.2 Å². The quantitative estimate of drug-likeness (QED) is 0.189. The van der Waals surface area contributed by atoms with Crippen molar-refractivity contribution in [3.8, 4) is 44.9 Å². The van der Waals surface area contributed by atoms with Gasteiger partial charge in [0.1, 0.15) is 11.5 Å². The Morgan fingerprint density at radius 3 is 0.900 bits per heavy atom. The zero-order valence-corrected chi connectivity index (χ0v) is 27.1. The molecule has 0 aliphatic heterocycles. The summed E-state index contributed by atoms with van der Waals surface area (Å²) in [6, 6.07) is 58.9. The molecule has 0 unspecified atom stereocenters. The first-order chi connectivity index (χ1) is 24.6. The summed E-state index contributed by atoms with van der Waals surface area (Å²) in [5, 5.41) is 36.3. The zero-order chi connectivity index (χ0) is 33.3. The van der Waals surface area contributed by atoms with Crippen molar-refractivity contribution in [2.45, 2.75) is 0 Å². The van der Waals surface area contributed by atoms with Crippen LogP contribution in [0.2, 0.25) is 0 Å². The molecule has 0 aliphatic rings. The molecule has 50 heavy (non-hydrogen) atoms. The summed E-state index contributed by atoms with van der Waals surface area (Å²) >= 11 is 0. The van der Waals surface area contributed by atoms with E-state index in [0.29, 0.717) is 11.1 Å². The van der Waals surface area contributed by atoms with Crippen LogP contribution in [0.25, 0.3) is 98.0 Å². The number of hydrogen-bond donors (Lipinski definition) is 2. The number of aromatic hydroxyl groups is 2. The van der Waals surface area contributed by atoms with Gasteiger partial charge in [-0.3, -0.25) is 0 Å². The number of fused-ring (bicyclic) bond motifs is 6. The minimum absolute atomic E-state index is 0.132. The fraction of sp³-hybridized carbons (Fsp3) is 0. The highest BCUT2D eigenvalue weighted by atomic mass is 16.3. The lowest BCUT2D eigenvalue weighted by molar-refractivity contribution is 0.470. The molecule has 0 atom stereocenters. The molecule has 10 aromatic carbocycles. The first-order valence-electron chi connectivity index (χ1n) is 17.0. The van der Waals surface area contributed by atoms with E-state index >= 15 is 0 Å². The average Bonchev–Trinajstić information content (AvgIpc) is 3.16. The van der Waals surface area contributed by atoms with Gasteiger partial charge < -0.3 is 10.2 Å². The van der Waals surface area contributed by atoms with E-state index in [2.05, 4.69) is 146 Å². The lowest BCUT2D eigenvalue weighted by atomic mass is 9.87. The van der Waals surface area contributed by atoms with Crippen LogP contribution in [-0.4, -0.2) is 10.2 Å². The zero-order valence-electron chi connectivity index (χ0n) is 27.1. The molecular formula is C48H30O2. The van der Waals surface area contributed by atoms with Gasteiger partial charge in [0.25, 0.3) is 0 Å². The molecule has 10 aromatic rings. The molecule has 0 heterocycles. The van der Waals surface area contributed by atoms with Gasteiger partial charge in [0.2, 0.25) is 0 Å². The van der Waals surface area contributed by atoms with Crippen LogP contribution >= 0.6 is 0 Å². The van der Waals surface area contributed by atoms with E-state index in [0.717, 1.165) is 32.7 Å². The maximum Gasteiger partial charge on any atom is 0.124 e.